The fourth-order valence-electron chi connectivity index (χ4n) is 2.30. The molecular weight excluding hydrogens is 268 g/mol. The van der Waals surface area contributed by atoms with Crippen molar-refractivity contribution in [2.24, 2.45) is 0 Å². The Morgan fingerprint density at radius 2 is 2.05 bits per heavy atom. The van der Waals surface area contributed by atoms with Crippen LogP contribution in [0.15, 0.2) is 35.1 Å². The van der Waals surface area contributed by atoms with Crippen LogP contribution in [-0.2, 0) is 6.54 Å². The Morgan fingerprint density at radius 1 is 1.33 bits per heavy atom. The van der Waals surface area contributed by atoms with Crippen molar-refractivity contribution < 1.29 is 9.84 Å². The number of ether oxygens (including phenoxy) is 1. The summed E-state index contributed by atoms with van der Waals surface area (Å²) in [5.74, 6) is 1.23. The molecule has 1 heterocycles. The van der Waals surface area contributed by atoms with Gasteiger partial charge in [-0.05, 0) is 26.8 Å². The van der Waals surface area contributed by atoms with Crippen molar-refractivity contribution in [3.8, 4) is 5.75 Å². The average Bonchev–Trinajstić information content (AvgIpc) is 2.43. The minimum atomic E-state index is -0.825. The van der Waals surface area contributed by atoms with Crippen LogP contribution in [0.3, 0.4) is 0 Å². The molecule has 1 aromatic carbocycles. The maximum absolute atomic E-state index is 12.0. The predicted molar refractivity (Wildman–Crippen MR) is 80.5 cm³/mol. The standard InChI is InChI=1S/C16H20N2O3/c1-4-21-15-8-6-5-7-13(15)14(19)10-18-12(3)17-11(2)9-16(18)20/h5-9,14,19H,4,10H2,1-3H3. The average molecular weight is 288 g/mol. The SMILES string of the molecule is CCOc1ccccc1C(O)Cn1c(C)nc(C)cc1=O. The first-order chi connectivity index (χ1) is 10.0. The Labute approximate surface area is 123 Å². The summed E-state index contributed by atoms with van der Waals surface area (Å²) in [6.45, 7) is 6.10. The van der Waals surface area contributed by atoms with E-state index in [4.69, 9.17) is 4.74 Å². The molecule has 0 fully saturated rings. The van der Waals surface area contributed by atoms with Gasteiger partial charge in [0.25, 0.3) is 5.56 Å². The second-order valence-electron chi connectivity index (χ2n) is 4.88. The molecule has 0 aliphatic heterocycles. The van der Waals surface area contributed by atoms with Crippen LogP contribution in [0.25, 0.3) is 0 Å². The van der Waals surface area contributed by atoms with Crippen molar-refractivity contribution in [2.45, 2.75) is 33.4 Å². The maximum atomic E-state index is 12.0. The molecule has 1 aromatic heterocycles. The van der Waals surface area contributed by atoms with E-state index in [0.29, 0.717) is 29.4 Å². The van der Waals surface area contributed by atoms with Crippen molar-refractivity contribution >= 4 is 0 Å². The quantitative estimate of drug-likeness (QED) is 0.914. The van der Waals surface area contributed by atoms with Crippen LogP contribution in [0.2, 0.25) is 0 Å². The van der Waals surface area contributed by atoms with Gasteiger partial charge in [0.1, 0.15) is 17.7 Å². The topological polar surface area (TPSA) is 64.3 Å². The fourth-order valence-corrected chi connectivity index (χ4v) is 2.30. The van der Waals surface area contributed by atoms with Gasteiger partial charge in [-0.2, -0.15) is 0 Å². The second kappa shape index (κ2) is 6.54. The summed E-state index contributed by atoms with van der Waals surface area (Å²) in [6, 6.07) is 8.77. The fraction of sp³-hybridized carbons (Fsp3) is 0.375. The number of aliphatic hydroxyl groups is 1. The van der Waals surface area contributed by atoms with E-state index in [1.54, 1.807) is 19.9 Å². The molecule has 0 amide bonds. The highest BCUT2D eigenvalue weighted by Gasteiger charge is 2.15. The van der Waals surface area contributed by atoms with Crippen molar-refractivity contribution in [3.05, 3.63) is 57.8 Å². The highest BCUT2D eigenvalue weighted by Crippen LogP contribution is 2.26. The van der Waals surface area contributed by atoms with Gasteiger partial charge in [0.15, 0.2) is 0 Å². The van der Waals surface area contributed by atoms with Crippen molar-refractivity contribution in [1.29, 1.82) is 0 Å². The molecule has 0 saturated carbocycles. The third kappa shape index (κ3) is 3.49. The van der Waals surface area contributed by atoms with Crippen LogP contribution in [0.4, 0.5) is 0 Å². The predicted octanol–water partition coefficient (Wildman–Crippen LogP) is 1.99. The molecule has 2 rings (SSSR count). The van der Waals surface area contributed by atoms with E-state index in [1.165, 1.54) is 10.6 Å². The van der Waals surface area contributed by atoms with Gasteiger partial charge in [0.05, 0.1) is 13.2 Å². The van der Waals surface area contributed by atoms with Crippen LogP contribution >= 0.6 is 0 Å². The minimum Gasteiger partial charge on any atom is -0.493 e. The molecule has 21 heavy (non-hydrogen) atoms. The number of para-hydroxylation sites is 1. The zero-order valence-corrected chi connectivity index (χ0v) is 12.5. The van der Waals surface area contributed by atoms with Gasteiger partial charge >= 0.3 is 0 Å². The van der Waals surface area contributed by atoms with Gasteiger partial charge < -0.3 is 9.84 Å². The monoisotopic (exact) mass is 288 g/mol. The Balaban J connectivity index is 2.31. The summed E-state index contributed by atoms with van der Waals surface area (Å²) in [4.78, 5) is 16.3. The number of hydrogen-bond acceptors (Lipinski definition) is 4. The van der Waals surface area contributed by atoms with Crippen LogP contribution in [0.5, 0.6) is 5.75 Å². The largest absolute Gasteiger partial charge is 0.493 e. The lowest BCUT2D eigenvalue weighted by molar-refractivity contribution is 0.148. The van der Waals surface area contributed by atoms with Crippen molar-refractivity contribution in [1.82, 2.24) is 9.55 Å². The van der Waals surface area contributed by atoms with Gasteiger partial charge in [-0.3, -0.25) is 9.36 Å². The molecule has 1 unspecified atom stereocenters. The number of aromatic nitrogens is 2. The lowest BCUT2D eigenvalue weighted by atomic mass is 10.1. The Kier molecular flexibility index (Phi) is 4.75. The first-order valence-electron chi connectivity index (χ1n) is 6.97. The lowest BCUT2D eigenvalue weighted by Gasteiger charge is -2.18. The second-order valence-corrected chi connectivity index (χ2v) is 4.88. The molecule has 0 radical (unpaired) electrons. The minimum absolute atomic E-state index is 0.155. The molecule has 1 N–H and O–H groups in total. The molecule has 0 aliphatic rings. The van der Waals surface area contributed by atoms with Gasteiger partial charge in [-0.15, -0.1) is 0 Å². The molecule has 2 aromatic rings. The number of nitrogens with zero attached hydrogens (tertiary/aromatic N) is 2. The van der Waals surface area contributed by atoms with Crippen molar-refractivity contribution in [2.75, 3.05) is 6.61 Å². The Hall–Kier alpha value is -2.14. The number of aryl methyl sites for hydroxylation is 2. The zero-order valence-electron chi connectivity index (χ0n) is 12.5. The van der Waals surface area contributed by atoms with E-state index < -0.39 is 6.10 Å². The normalized spacial score (nSPS) is 12.2. The lowest BCUT2D eigenvalue weighted by Crippen LogP contribution is -2.26. The molecule has 0 spiro atoms. The van der Waals surface area contributed by atoms with Gasteiger partial charge in [0, 0.05) is 17.3 Å². The Morgan fingerprint density at radius 3 is 2.71 bits per heavy atom. The van der Waals surface area contributed by atoms with Crippen LogP contribution < -0.4 is 10.3 Å². The molecule has 1 atom stereocenters. The van der Waals surface area contributed by atoms with Gasteiger partial charge in [-0.25, -0.2) is 4.98 Å². The summed E-state index contributed by atoms with van der Waals surface area (Å²) >= 11 is 0. The summed E-state index contributed by atoms with van der Waals surface area (Å²) in [6.07, 6.45) is -0.825. The summed E-state index contributed by atoms with van der Waals surface area (Å²) < 4.78 is 6.99. The van der Waals surface area contributed by atoms with Crippen LogP contribution in [0, 0.1) is 13.8 Å². The molecule has 5 nitrogen and oxygen atoms in total. The first kappa shape index (κ1) is 15.3. The van der Waals surface area contributed by atoms with Crippen molar-refractivity contribution in [3.63, 3.8) is 0 Å². The number of aliphatic hydroxyl groups excluding tert-OH is 1. The molecular formula is C16H20N2O3. The third-order valence-electron chi connectivity index (χ3n) is 3.26. The van der Waals surface area contributed by atoms with E-state index in [9.17, 15) is 9.90 Å². The summed E-state index contributed by atoms with van der Waals surface area (Å²) in [7, 11) is 0. The molecule has 5 heteroatoms. The molecule has 0 aliphatic carbocycles. The molecule has 0 bridgehead atoms. The van der Waals surface area contributed by atoms with Crippen LogP contribution in [0.1, 0.15) is 30.1 Å². The highest BCUT2D eigenvalue weighted by atomic mass is 16.5. The number of rotatable bonds is 5. The highest BCUT2D eigenvalue weighted by molar-refractivity contribution is 5.35. The molecule has 112 valence electrons. The van der Waals surface area contributed by atoms with E-state index >= 15 is 0 Å². The number of benzene rings is 1. The summed E-state index contributed by atoms with van der Waals surface area (Å²) in [5.41, 5.74) is 1.19. The maximum Gasteiger partial charge on any atom is 0.253 e. The Bertz CT molecular complexity index is 679. The van der Waals surface area contributed by atoms with E-state index in [-0.39, 0.29) is 12.1 Å². The zero-order chi connectivity index (χ0) is 15.4. The van der Waals surface area contributed by atoms with E-state index in [0.717, 1.165) is 0 Å². The summed E-state index contributed by atoms with van der Waals surface area (Å²) in [5, 5.41) is 10.4. The van der Waals surface area contributed by atoms with E-state index in [1.807, 2.05) is 25.1 Å². The van der Waals surface area contributed by atoms with Gasteiger partial charge in [0.2, 0.25) is 0 Å². The van der Waals surface area contributed by atoms with Gasteiger partial charge in [-0.1, -0.05) is 18.2 Å². The van der Waals surface area contributed by atoms with Crippen LogP contribution in [-0.4, -0.2) is 21.3 Å². The molecule has 0 saturated heterocycles. The third-order valence-corrected chi connectivity index (χ3v) is 3.26. The van der Waals surface area contributed by atoms with E-state index in [2.05, 4.69) is 4.98 Å². The number of hydrogen-bond donors (Lipinski definition) is 1. The first-order valence-corrected chi connectivity index (χ1v) is 6.97. The smallest absolute Gasteiger partial charge is 0.253 e.